The normalized spacial score (nSPS) is 14.1. The zero-order valence-electron chi connectivity index (χ0n) is 59.9. The van der Waals surface area contributed by atoms with Crippen molar-refractivity contribution in [3.05, 3.63) is 0 Å². The third-order valence-electron chi connectivity index (χ3n) is 17.0. The summed E-state index contributed by atoms with van der Waals surface area (Å²) in [6.07, 6.45) is 51.5. The lowest BCUT2D eigenvalue weighted by molar-refractivity contribution is -0.161. The van der Waals surface area contributed by atoms with Crippen LogP contribution in [0.3, 0.4) is 0 Å². The Morgan fingerprint density at radius 1 is 0.293 bits per heavy atom. The van der Waals surface area contributed by atoms with E-state index in [0.717, 1.165) is 102 Å². The van der Waals surface area contributed by atoms with Gasteiger partial charge in [0.15, 0.2) is 12.2 Å². The Morgan fingerprint density at radius 2 is 0.500 bits per heavy atom. The van der Waals surface area contributed by atoms with Gasteiger partial charge in [0.2, 0.25) is 0 Å². The summed E-state index contributed by atoms with van der Waals surface area (Å²) in [5, 5.41) is 10.6. The first-order chi connectivity index (χ1) is 44.4. The lowest BCUT2D eigenvalue weighted by Crippen LogP contribution is -2.30. The number of unbranched alkanes of at least 4 members (excludes halogenated alkanes) is 42. The van der Waals surface area contributed by atoms with Crippen molar-refractivity contribution in [2.45, 2.75) is 394 Å². The molecule has 0 aliphatic heterocycles. The number of carbonyl (C=O) groups excluding carboxylic acids is 4. The van der Waals surface area contributed by atoms with Crippen molar-refractivity contribution < 1.29 is 80.2 Å². The van der Waals surface area contributed by atoms with Crippen LogP contribution in [-0.4, -0.2) is 96.7 Å². The number of phosphoric acid groups is 2. The highest BCUT2D eigenvalue weighted by Crippen LogP contribution is 2.45. The molecule has 0 fully saturated rings. The largest absolute Gasteiger partial charge is 0.472 e. The first-order valence-corrected chi connectivity index (χ1v) is 41.0. The van der Waals surface area contributed by atoms with Crippen LogP contribution in [0.5, 0.6) is 0 Å². The quantitative estimate of drug-likeness (QED) is 0.0222. The Bertz CT molecular complexity index is 1790. The molecule has 0 spiro atoms. The molecule has 17 nitrogen and oxygen atoms in total. The molecule has 0 aromatic heterocycles. The van der Waals surface area contributed by atoms with E-state index in [9.17, 15) is 43.2 Å². The average molecular weight is 1350 g/mol. The Hall–Kier alpha value is -1.94. The number of hydrogen-bond donors (Lipinski definition) is 3. The summed E-state index contributed by atoms with van der Waals surface area (Å²) < 4.78 is 68.4. The van der Waals surface area contributed by atoms with Gasteiger partial charge >= 0.3 is 39.5 Å². The lowest BCUT2D eigenvalue weighted by atomic mass is 10.0. The van der Waals surface area contributed by atoms with E-state index in [0.29, 0.717) is 31.6 Å². The summed E-state index contributed by atoms with van der Waals surface area (Å²) in [6.45, 7) is 9.48. The predicted molar refractivity (Wildman–Crippen MR) is 372 cm³/mol. The average Bonchev–Trinajstić information content (AvgIpc) is 1.42. The summed E-state index contributed by atoms with van der Waals surface area (Å²) in [4.78, 5) is 72.6. The molecule has 0 aliphatic carbocycles. The number of phosphoric ester groups is 2. The van der Waals surface area contributed by atoms with Crippen molar-refractivity contribution in [2.75, 3.05) is 39.6 Å². The van der Waals surface area contributed by atoms with Crippen LogP contribution in [0.15, 0.2) is 0 Å². The maximum absolute atomic E-state index is 13.1. The third kappa shape index (κ3) is 66.7. The van der Waals surface area contributed by atoms with Gasteiger partial charge < -0.3 is 33.8 Å². The molecule has 2 unspecified atom stereocenters. The van der Waals surface area contributed by atoms with Crippen molar-refractivity contribution in [1.82, 2.24) is 0 Å². The second kappa shape index (κ2) is 65.0. The first kappa shape index (κ1) is 90.1. The topological polar surface area (TPSA) is 237 Å². The zero-order valence-corrected chi connectivity index (χ0v) is 61.6. The fourth-order valence-corrected chi connectivity index (χ4v) is 12.7. The molecule has 0 saturated carbocycles. The lowest BCUT2D eigenvalue weighted by Gasteiger charge is -2.21. The smallest absolute Gasteiger partial charge is 0.462 e. The SMILES string of the molecule is CCCCCCCCCCCCCCCCCCCCC(=O)O[C@H](COC(=O)CCCCCCCCCCCCCCC)COP(=O)(O)OC[C@@H](O)COP(=O)(O)OC[C@@H](COC(=O)CCCCCCCCCC(C)C)OC(=O)CCCCCCCCCCC(C)C. The molecule has 546 valence electrons. The maximum Gasteiger partial charge on any atom is 0.472 e. The van der Waals surface area contributed by atoms with Gasteiger partial charge in [0, 0.05) is 25.7 Å². The molecule has 0 radical (unpaired) electrons. The van der Waals surface area contributed by atoms with Gasteiger partial charge in [0.1, 0.15) is 19.3 Å². The highest BCUT2D eigenvalue weighted by molar-refractivity contribution is 7.47. The van der Waals surface area contributed by atoms with E-state index >= 15 is 0 Å². The fraction of sp³-hybridized carbons (Fsp3) is 0.945. The minimum Gasteiger partial charge on any atom is -0.462 e. The standard InChI is InChI=1S/C73H142O17P2/c1-7-9-11-13-15-17-19-21-22-23-24-25-27-29-31-38-45-51-57-72(77)89-68(61-83-70(75)55-49-43-37-30-28-26-20-18-16-14-12-10-8-2)63-87-91(79,80)85-59-67(74)60-86-92(81,82)88-64-69(62-84-71(76)56-50-44-40-34-36-42-48-54-66(5)6)90-73(78)58-52-46-39-33-32-35-41-47-53-65(3)4/h65-69,74H,7-64H2,1-6H3,(H,79,80)(H,81,82)/t67-,68-,69-/m1/s1. The van der Waals surface area contributed by atoms with E-state index in [-0.39, 0.29) is 25.7 Å². The second-order valence-electron chi connectivity index (χ2n) is 27.3. The van der Waals surface area contributed by atoms with Crippen LogP contribution in [0, 0.1) is 11.8 Å². The van der Waals surface area contributed by atoms with Gasteiger partial charge in [-0.15, -0.1) is 0 Å². The van der Waals surface area contributed by atoms with Crippen LogP contribution in [0.2, 0.25) is 0 Å². The van der Waals surface area contributed by atoms with Gasteiger partial charge in [0.05, 0.1) is 26.4 Å². The Labute approximate surface area is 562 Å². The van der Waals surface area contributed by atoms with Gasteiger partial charge in [-0.05, 0) is 37.5 Å². The van der Waals surface area contributed by atoms with E-state index in [4.69, 9.17) is 37.0 Å². The molecule has 0 aromatic carbocycles. The summed E-state index contributed by atoms with van der Waals surface area (Å²) in [5.74, 6) is -0.698. The number of aliphatic hydroxyl groups is 1. The van der Waals surface area contributed by atoms with Crippen molar-refractivity contribution >= 4 is 39.5 Å². The van der Waals surface area contributed by atoms with Crippen molar-refractivity contribution in [3.8, 4) is 0 Å². The first-order valence-electron chi connectivity index (χ1n) is 38.0. The Morgan fingerprint density at radius 3 is 0.739 bits per heavy atom. The predicted octanol–water partition coefficient (Wildman–Crippen LogP) is 21.2. The van der Waals surface area contributed by atoms with E-state index in [1.807, 2.05) is 0 Å². The number of ether oxygens (including phenoxy) is 4. The highest BCUT2D eigenvalue weighted by atomic mass is 31.2. The Balaban J connectivity index is 5.23. The molecule has 0 aromatic rings. The molecule has 92 heavy (non-hydrogen) atoms. The van der Waals surface area contributed by atoms with Gasteiger partial charge in [-0.2, -0.15) is 0 Å². The van der Waals surface area contributed by atoms with Crippen LogP contribution < -0.4 is 0 Å². The summed E-state index contributed by atoms with van der Waals surface area (Å²) in [7, 11) is -9.90. The third-order valence-corrected chi connectivity index (χ3v) is 18.9. The van der Waals surface area contributed by atoms with Gasteiger partial charge in [-0.3, -0.25) is 37.3 Å². The Kier molecular flexibility index (Phi) is 63.7. The summed E-state index contributed by atoms with van der Waals surface area (Å²) in [6, 6.07) is 0. The minimum absolute atomic E-state index is 0.104. The van der Waals surface area contributed by atoms with Crippen LogP contribution in [0.25, 0.3) is 0 Å². The monoisotopic (exact) mass is 1350 g/mol. The van der Waals surface area contributed by atoms with E-state index in [2.05, 4.69) is 41.5 Å². The van der Waals surface area contributed by atoms with Gasteiger partial charge in [-0.25, -0.2) is 9.13 Å². The number of aliphatic hydroxyl groups excluding tert-OH is 1. The molecule has 0 bridgehead atoms. The van der Waals surface area contributed by atoms with Crippen molar-refractivity contribution in [3.63, 3.8) is 0 Å². The number of carbonyl (C=O) groups is 4. The van der Waals surface area contributed by atoms with Crippen LogP contribution in [0.1, 0.15) is 375 Å². The maximum atomic E-state index is 13.1. The van der Waals surface area contributed by atoms with Crippen molar-refractivity contribution in [1.29, 1.82) is 0 Å². The molecule has 19 heteroatoms. The molecular weight excluding hydrogens is 1210 g/mol. The van der Waals surface area contributed by atoms with Gasteiger partial charge in [0.25, 0.3) is 0 Å². The summed E-state index contributed by atoms with van der Waals surface area (Å²) in [5.41, 5.74) is 0. The van der Waals surface area contributed by atoms with E-state index in [1.165, 1.54) is 186 Å². The molecule has 3 N–H and O–H groups in total. The molecule has 0 heterocycles. The molecule has 0 saturated heterocycles. The van der Waals surface area contributed by atoms with Crippen molar-refractivity contribution in [2.24, 2.45) is 11.8 Å². The molecule has 0 amide bonds. The molecule has 0 aliphatic rings. The number of esters is 4. The molecular formula is C73H142O17P2. The molecule has 5 atom stereocenters. The van der Waals surface area contributed by atoms with Crippen LogP contribution in [0.4, 0.5) is 0 Å². The number of hydrogen-bond acceptors (Lipinski definition) is 15. The molecule has 0 rings (SSSR count). The highest BCUT2D eigenvalue weighted by Gasteiger charge is 2.30. The zero-order chi connectivity index (χ0) is 67.9. The minimum atomic E-state index is -4.95. The summed E-state index contributed by atoms with van der Waals surface area (Å²) >= 11 is 0. The van der Waals surface area contributed by atoms with Crippen LogP contribution in [-0.2, 0) is 65.4 Å². The second-order valence-corrected chi connectivity index (χ2v) is 30.2. The van der Waals surface area contributed by atoms with Gasteiger partial charge in [-0.1, -0.05) is 324 Å². The van der Waals surface area contributed by atoms with E-state index in [1.54, 1.807) is 0 Å². The number of rotatable bonds is 72. The van der Waals surface area contributed by atoms with E-state index < -0.39 is 97.5 Å². The fourth-order valence-electron chi connectivity index (χ4n) is 11.1. The van der Waals surface area contributed by atoms with Crippen LogP contribution >= 0.6 is 15.6 Å².